The van der Waals surface area contributed by atoms with Gasteiger partial charge in [0.15, 0.2) is 16.3 Å². The van der Waals surface area contributed by atoms with Crippen LogP contribution in [0.1, 0.15) is 39.0 Å². The molecule has 2 aromatic heterocycles. The average molecular weight is 353 g/mol. The second-order valence-corrected chi connectivity index (χ2v) is 6.65. The monoisotopic (exact) mass is 353 g/mol. The van der Waals surface area contributed by atoms with Crippen LogP contribution in [-0.4, -0.2) is 30.8 Å². The van der Waals surface area contributed by atoms with E-state index in [0.717, 1.165) is 25.7 Å². The molecule has 0 aliphatic carbocycles. The fourth-order valence-corrected chi connectivity index (χ4v) is 3.30. The predicted octanol–water partition coefficient (Wildman–Crippen LogP) is 0.971. The summed E-state index contributed by atoms with van der Waals surface area (Å²) in [6.07, 6.45) is 5.44. The van der Waals surface area contributed by atoms with Gasteiger partial charge in [-0.3, -0.25) is 19.1 Å². The normalized spacial score (nSPS) is 11.2. The quantitative estimate of drug-likeness (QED) is 0.515. The van der Waals surface area contributed by atoms with Crippen LogP contribution < -0.4 is 17.0 Å². The molecule has 8 nitrogen and oxygen atoms in total. The maximum Gasteiger partial charge on any atom is 0.329 e. The molecule has 3 N–H and O–H groups in total. The molecule has 2 rings (SSSR count). The molecule has 0 radical (unpaired) electrons. The van der Waals surface area contributed by atoms with Crippen molar-refractivity contribution in [2.24, 2.45) is 12.8 Å². The van der Waals surface area contributed by atoms with Crippen molar-refractivity contribution in [3.63, 3.8) is 0 Å². The maximum absolute atomic E-state index is 12.2. The Bertz CT molecular complexity index is 836. The van der Waals surface area contributed by atoms with E-state index in [1.165, 1.54) is 22.7 Å². The lowest BCUT2D eigenvalue weighted by molar-refractivity contribution is -0.115. The Morgan fingerprint density at radius 1 is 1.25 bits per heavy atom. The molecule has 0 saturated heterocycles. The Kier molecular flexibility index (Phi) is 6.24. The van der Waals surface area contributed by atoms with E-state index in [9.17, 15) is 14.4 Å². The number of nitrogens with two attached hydrogens (primary N) is 1. The van der Waals surface area contributed by atoms with Crippen LogP contribution in [0, 0.1) is 0 Å². The van der Waals surface area contributed by atoms with E-state index in [0.29, 0.717) is 22.9 Å². The van der Waals surface area contributed by atoms with E-state index in [1.807, 2.05) is 0 Å². The number of carbonyl (C=O) groups excluding carboxylic acids is 1. The standard InChI is InChI=1S/C15H23N5O3S/c1-3-4-5-6-7-8-20-11-12(17-15(20)24-9-10(16)21)19(2)14(23)18-13(11)22/h3-9H2,1-2H3,(H2,16,21)(H,18,22,23). The molecule has 24 heavy (non-hydrogen) atoms. The van der Waals surface area contributed by atoms with Crippen LogP contribution in [0.3, 0.4) is 0 Å². The molecule has 0 aliphatic rings. The number of aromatic nitrogens is 4. The lowest BCUT2D eigenvalue weighted by atomic mass is 10.1. The van der Waals surface area contributed by atoms with Gasteiger partial charge in [0.1, 0.15) is 0 Å². The highest BCUT2D eigenvalue weighted by Crippen LogP contribution is 2.22. The second-order valence-electron chi connectivity index (χ2n) is 5.71. The predicted molar refractivity (Wildman–Crippen MR) is 94.3 cm³/mol. The summed E-state index contributed by atoms with van der Waals surface area (Å²) in [5.41, 5.74) is 4.92. The summed E-state index contributed by atoms with van der Waals surface area (Å²) in [7, 11) is 1.56. The molecule has 132 valence electrons. The third-order valence-electron chi connectivity index (χ3n) is 3.80. The number of rotatable bonds is 9. The number of carbonyl (C=O) groups is 1. The lowest BCUT2D eigenvalue weighted by Gasteiger charge is -2.08. The first-order valence-corrected chi connectivity index (χ1v) is 9.05. The molecule has 1 amide bonds. The minimum absolute atomic E-state index is 0.0744. The van der Waals surface area contributed by atoms with Crippen molar-refractivity contribution >= 4 is 28.8 Å². The van der Waals surface area contributed by atoms with Gasteiger partial charge in [0.05, 0.1) is 5.75 Å². The number of H-pyrrole nitrogens is 1. The van der Waals surface area contributed by atoms with Crippen LogP contribution in [0.4, 0.5) is 0 Å². The zero-order chi connectivity index (χ0) is 17.7. The first-order chi connectivity index (χ1) is 11.5. The number of hydrogen-bond donors (Lipinski definition) is 2. The van der Waals surface area contributed by atoms with E-state index in [4.69, 9.17) is 5.73 Å². The van der Waals surface area contributed by atoms with Gasteiger partial charge in [0.2, 0.25) is 5.91 Å². The van der Waals surface area contributed by atoms with Gasteiger partial charge in [0.25, 0.3) is 5.56 Å². The summed E-state index contributed by atoms with van der Waals surface area (Å²) >= 11 is 1.18. The summed E-state index contributed by atoms with van der Waals surface area (Å²) in [5.74, 6) is -0.380. The zero-order valence-electron chi connectivity index (χ0n) is 14.0. The van der Waals surface area contributed by atoms with E-state index < -0.39 is 17.2 Å². The van der Waals surface area contributed by atoms with Crippen molar-refractivity contribution in [2.75, 3.05) is 5.75 Å². The summed E-state index contributed by atoms with van der Waals surface area (Å²) < 4.78 is 3.09. The number of aryl methyl sites for hydroxylation is 2. The van der Waals surface area contributed by atoms with Crippen molar-refractivity contribution < 1.29 is 4.79 Å². The van der Waals surface area contributed by atoms with Crippen LogP contribution in [0.5, 0.6) is 0 Å². The average Bonchev–Trinajstić information content (AvgIpc) is 2.90. The molecule has 0 fully saturated rings. The minimum Gasteiger partial charge on any atom is -0.369 e. The van der Waals surface area contributed by atoms with Gasteiger partial charge >= 0.3 is 5.69 Å². The molecule has 0 bridgehead atoms. The summed E-state index contributed by atoms with van der Waals surface area (Å²) in [6, 6.07) is 0. The van der Waals surface area contributed by atoms with Crippen molar-refractivity contribution in [1.29, 1.82) is 0 Å². The highest BCUT2D eigenvalue weighted by molar-refractivity contribution is 7.99. The van der Waals surface area contributed by atoms with Crippen LogP contribution in [0.25, 0.3) is 11.2 Å². The number of primary amides is 1. The molecule has 0 atom stereocenters. The molecule has 2 aromatic rings. The van der Waals surface area contributed by atoms with Crippen LogP contribution in [0.15, 0.2) is 14.7 Å². The summed E-state index contributed by atoms with van der Waals surface area (Å²) in [4.78, 5) is 41.7. The Morgan fingerprint density at radius 2 is 1.96 bits per heavy atom. The topological polar surface area (TPSA) is 116 Å². The van der Waals surface area contributed by atoms with Gasteiger partial charge in [-0.2, -0.15) is 0 Å². The van der Waals surface area contributed by atoms with Gasteiger partial charge in [-0.25, -0.2) is 9.78 Å². The molecule has 0 aromatic carbocycles. The number of aromatic amines is 1. The lowest BCUT2D eigenvalue weighted by Crippen LogP contribution is -2.29. The van der Waals surface area contributed by atoms with Crippen molar-refractivity contribution in [3.8, 4) is 0 Å². The number of fused-ring (bicyclic) bond motifs is 1. The first kappa shape index (κ1) is 18.3. The molecular weight excluding hydrogens is 330 g/mol. The number of hydrogen-bond acceptors (Lipinski definition) is 5. The third kappa shape index (κ3) is 4.08. The van der Waals surface area contributed by atoms with Crippen LogP contribution in [-0.2, 0) is 18.4 Å². The molecular formula is C15H23N5O3S. The van der Waals surface area contributed by atoms with Crippen molar-refractivity contribution in [2.45, 2.75) is 50.7 Å². The Labute approximate surface area is 143 Å². The SMILES string of the molecule is CCCCCCCn1c(SCC(N)=O)nc2c1c(=O)[nH]c(=O)n2C. The smallest absolute Gasteiger partial charge is 0.329 e. The summed E-state index contributed by atoms with van der Waals surface area (Å²) in [5, 5.41) is 0.533. The maximum atomic E-state index is 12.2. The third-order valence-corrected chi connectivity index (χ3v) is 4.80. The highest BCUT2D eigenvalue weighted by atomic mass is 32.2. The van der Waals surface area contributed by atoms with E-state index in [-0.39, 0.29) is 5.75 Å². The minimum atomic E-state index is -0.508. The molecule has 0 spiro atoms. The van der Waals surface area contributed by atoms with Crippen LogP contribution >= 0.6 is 11.8 Å². The van der Waals surface area contributed by atoms with E-state index >= 15 is 0 Å². The van der Waals surface area contributed by atoms with Gasteiger partial charge in [-0.05, 0) is 6.42 Å². The molecule has 9 heteroatoms. The van der Waals surface area contributed by atoms with Gasteiger partial charge in [-0.15, -0.1) is 0 Å². The Hall–Kier alpha value is -2.03. The van der Waals surface area contributed by atoms with Crippen molar-refractivity contribution in [1.82, 2.24) is 19.1 Å². The zero-order valence-corrected chi connectivity index (χ0v) is 14.8. The number of amides is 1. The number of imidazole rings is 1. The van der Waals surface area contributed by atoms with Gasteiger partial charge in [0, 0.05) is 13.6 Å². The Morgan fingerprint density at radius 3 is 2.62 bits per heavy atom. The van der Waals surface area contributed by atoms with Gasteiger partial charge in [-0.1, -0.05) is 44.4 Å². The molecule has 2 heterocycles. The van der Waals surface area contributed by atoms with Crippen molar-refractivity contribution in [3.05, 3.63) is 20.8 Å². The first-order valence-electron chi connectivity index (χ1n) is 8.06. The number of nitrogens with one attached hydrogen (secondary N) is 1. The fourth-order valence-electron chi connectivity index (χ4n) is 2.54. The number of unbranched alkanes of at least 4 members (excludes halogenated alkanes) is 4. The molecule has 0 saturated carbocycles. The molecule has 0 unspecified atom stereocenters. The van der Waals surface area contributed by atoms with E-state index in [1.54, 1.807) is 11.6 Å². The second kappa shape index (κ2) is 8.18. The molecule has 0 aliphatic heterocycles. The largest absolute Gasteiger partial charge is 0.369 e. The van der Waals surface area contributed by atoms with Crippen LogP contribution in [0.2, 0.25) is 0 Å². The highest BCUT2D eigenvalue weighted by Gasteiger charge is 2.17. The van der Waals surface area contributed by atoms with E-state index in [2.05, 4.69) is 16.9 Å². The summed E-state index contributed by atoms with van der Waals surface area (Å²) in [6.45, 7) is 2.77. The Balaban J connectivity index is 2.38. The fraction of sp³-hybridized carbons (Fsp3) is 0.600. The van der Waals surface area contributed by atoms with Gasteiger partial charge < -0.3 is 10.3 Å². The number of nitrogens with zero attached hydrogens (tertiary/aromatic N) is 3. The number of thioether (sulfide) groups is 1.